The lowest BCUT2D eigenvalue weighted by atomic mass is 9.92. The highest BCUT2D eigenvalue weighted by Gasteiger charge is 2.13. The molecule has 0 heterocycles. The zero-order chi connectivity index (χ0) is 12.3. The van der Waals surface area contributed by atoms with E-state index in [4.69, 9.17) is 0 Å². The number of aliphatic hydroxyl groups excluding tert-OH is 1. The number of hydrogen-bond acceptors (Lipinski definition) is 2. The van der Waals surface area contributed by atoms with Crippen LogP contribution in [-0.4, -0.2) is 18.7 Å². The van der Waals surface area contributed by atoms with Gasteiger partial charge in [-0.05, 0) is 49.1 Å². The van der Waals surface area contributed by atoms with Crippen molar-refractivity contribution in [1.29, 1.82) is 0 Å². The third-order valence-electron chi connectivity index (χ3n) is 3.15. The van der Waals surface area contributed by atoms with Crippen LogP contribution < -0.4 is 5.32 Å². The fraction of sp³-hybridized carbons (Fsp3) is 0.571. The number of benzene rings is 1. The maximum absolute atomic E-state index is 10.1. The monoisotopic (exact) mass is 221 g/mol. The summed E-state index contributed by atoms with van der Waals surface area (Å²) in [7, 11) is 1.86. The molecular formula is C14H23NO. The average molecular weight is 221 g/mol. The van der Waals surface area contributed by atoms with Gasteiger partial charge in [0.25, 0.3) is 0 Å². The molecule has 2 nitrogen and oxygen atoms in total. The first kappa shape index (κ1) is 13.2. The molecule has 0 amide bonds. The van der Waals surface area contributed by atoms with E-state index in [1.165, 1.54) is 16.7 Å². The molecule has 2 heteroatoms. The summed E-state index contributed by atoms with van der Waals surface area (Å²) in [6.07, 6.45) is -0.414. The van der Waals surface area contributed by atoms with E-state index in [0.29, 0.717) is 12.5 Å². The SMILES string of the molecule is CNCC(O)c1cc(C(C)C)cc(C)c1C. The maximum Gasteiger partial charge on any atom is 0.0917 e. The Morgan fingerprint density at radius 3 is 2.38 bits per heavy atom. The van der Waals surface area contributed by atoms with Gasteiger partial charge >= 0.3 is 0 Å². The minimum absolute atomic E-state index is 0.414. The Kier molecular flexibility index (Phi) is 4.51. The van der Waals surface area contributed by atoms with Gasteiger partial charge in [-0.15, -0.1) is 0 Å². The normalized spacial score (nSPS) is 13.2. The quantitative estimate of drug-likeness (QED) is 0.819. The summed E-state index contributed by atoms with van der Waals surface area (Å²) in [5.41, 5.74) is 4.81. The van der Waals surface area contributed by atoms with Gasteiger partial charge in [-0.25, -0.2) is 0 Å². The molecule has 0 aliphatic carbocycles. The van der Waals surface area contributed by atoms with E-state index >= 15 is 0 Å². The Labute approximate surface area is 98.7 Å². The van der Waals surface area contributed by atoms with Crippen LogP contribution in [0.1, 0.15) is 48.1 Å². The molecule has 1 atom stereocenters. The Morgan fingerprint density at radius 1 is 1.25 bits per heavy atom. The van der Waals surface area contributed by atoms with Crippen molar-refractivity contribution in [2.24, 2.45) is 0 Å². The molecule has 2 N–H and O–H groups in total. The Bertz CT molecular complexity index is 358. The highest BCUT2D eigenvalue weighted by Crippen LogP contribution is 2.26. The molecule has 0 saturated heterocycles. The molecule has 0 aliphatic heterocycles. The smallest absolute Gasteiger partial charge is 0.0917 e. The lowest BCUT2D eigenvalue weighted by molar-refractivity contribution is 0.177. The predicted octanol–water partition coefficient (Wildman–Crippen LogP) is 2.68. The summed E-state index contributed by atoms with van der Waals surface area (Å²) >= 11 is 0. The standard InChI is InChI=1S/C14H23NO/c1-9(2)12-6-10(3)11(4)13(7-12)14(16)8-15-5/h6-7,9,14-16H,8H2,1-5H3. The zero-order valence-corrected chi connectivity index (χ0v) is 11.0. The van der Waals surface area contributed by atoms with Gasteiger partial charge < -0.3 is 10.4 Å². The van der Waals surface area contributed by atoms with Gasteiger partial charge in [0.2, 0.25) is 0 Å². The van der Waals surface area contributed by atoms with Gasteiger partial charge in [0.15, 0.2) is 0 Å². The van der Waals surface area contributed by atoms with Crippen LogP contribution in [0.5, 0.6) is 0 Å². The molecule has 0 radical (unpaired) electrons. The molecule has 1 rings (SSSR count). The van der Waals surface area contributed by atoms with Gasteiger partial charge in [-0.2, -0.15) is 0 Å². The van der Waals surface area contributed by atoms with Crippen molar-refractivity contribution >= 4 is 0 Å². The fourth-order valence-electron chi connectivity index (χ4n) is 1.90. The van der Waals surface area contributed by atoms with E-state index < -0.39 is 6.10 Å². The van der Waals surface area contributed by atoms with Crippen LogP contribution in [0.15, 0.2) is 12.1 Å². The van der Waals surface area contributed by atoms with Crippen LogP contribution >= 0.6 is 0 Å². The third kappa shape index (κ3) is 2.83. The topological polar surface area (TPSA) is 32.3 Å². The van der Waals surface area contributed by atoms with E-state index in [2.05, 4.69) is 45.1 Å². The van der Waals surface area contributed by atoms with Crippen molar-refractivity contribution in [3.05, 3.63) is 34.4 Å². The molecule has 0 fully saturated rings. The molecule has 1 aromatic carbocycles. The molecule has 0 aliphatic rings. The van der Waals surface area contributed by atoms with Crippen molar-refractivity contribution < 1.29 is 5.11 Å². The highest BCUT2D eigenvalue weighted by molar-refractivity contribution is 5.40. The number of nitrogens with one attached hydrogen (secondary N) is 1. The van der Waals surface area contributed by atoms with E-state index in [1.54, 1.807) is 0 Å². The lowest BCUT2D eigenvalue weighted by Crippen LogP contribution is -2.18. The Balaban J connectivity index is 3.16. The predicted molar refractivity (Wildman–Crippen MR) is 68.9 cm³/mol. The maximum atomic E-state index is 10.1. The van der Waals surface area contributed by atoms with E-state index in [0.717, 1.165) is 5.56 Å². The van der Waals surface area contributed by atoms with Gasteiger partial charge in [0.1, 0.15) is 0 Å². The van der Waals surface area contributed by atoms with Gasteiger partial charge in [-0.1, -0.05) is 26.0 Å². The molecule has 1 aromatic rings. The Morgan fingerprint density at radius 2 is 1.88 bits per heavy atom. The lowest BCUT2D eigenvalue weighted by Gasteiger charge is -2.18. The minimum atomic E-state index is -0.414. The van der Waals surface area contributed by atoms with Crippen LogP contribution in [0.4, 0.5) is 0 Å². The van der Waals surface area contributed by atoms with Crippen molar-refractivity contribution in [1.82, 2.24) is 5.32 Å². The van der Waals surface area contributed by atoms with E-state index in [1.807, 2.05) is 7.05 Å². The van der Waals surface area contributed by atoms with Crippen molar-refractivity contribution in [3.8, 4) is 0 Å². The zero-order valence-electron chi connectivity index (χ0n) is 11.0. The van der Waals surface area contributed by atoms with Gasteiger partial charge in [0, 0.05) is 6.54 Å². The molecule has 90 valence electrons. The summed E-state index contributed by atoms with van der Waals surface area (Å²) < 4.78 is 0. The van der Waals surface area contributed by atoms with Crippen LogP contribution in [-0.2, 0) is 0 Å². The third-order valence-corrected chi connectivity index (χ3v) is 3.15. The van der Waals surface area contributed by atoms with Gasteiger partial charge in [-0.3, -0.25) is 0 Å². The molecule has 0 saturated carbocycles. The average Bonchev–Trinajstić information content (AvgIpc) is 2.21. The van der Waals surface area contributed by atoms with Crippen LogP contribution in [0.2, 0.25) is 0 Å². The first-order chi connectivity index (χ1) is 7.47. The number of hydrogen-bond donors (Lipinski definition) is 2. The summed E-state index contributed by atoms with van der Waals surface area (Å²) in [5, 5.41) is 13.1. The molecule has 0 bridgehead atoms. The van der Waals surface area contributed by atoms with Gasteiger partial charge in [0.05, 0.1) is 6.10 Å². The number of likely N-dealkylation sites (N-methyl/N-ethyl adjacent to an activating group) is 1. The van der Waals surface area contributed by atoms with Crippen LogP contribution in [0.25, 0.3) is 0 Å². The second-order valence-electron chi connectivity index (χ2n) is 4.78. The number of aliphatic hydroxyl groups is 1. The van der Waals surface area contributed by atoms with Crippen LogP contribution in [0, 0.1) is 13.8 Å². The number of aryl methyl sites for hydroxylation is 1. The second kappa shape index (κ2) is 5.46. The van der Waals surface area contributed by atoms with Crippen molar-refractivity contribution in [2.45, 2.75) is 39.7 Å². The van der Waals surface area contributed by atoms with Crippen molar-refractivity contribution in [3.63, 3.8) is 0 Å². The first-order valence-electron chi connectivity index (χ1n) is 5.91. The highest BCUT2D eigenvalue weighted by atomic mass is 16.3. The summed E-state index contributed by atoms with van der Waals surface area (Å²) in [6.45, 7) is 9.14. The van der Waals surface area contributed by atoms with E-state index in [-0.39, 0.29) is 0 Å². The molecule has 0 aromatic heterocycles. The first-order valence-corrected chi connectivity index (χ1v) is 5.91. The summed E-state index contributed by atoms with van der Waals surface area (Å²) in [5.74, 6) is 0.500. The van der Waals surface area contributed by atoms with Crippen molar-refractivity contribution in [2.75, 3.05) is 13.6 Å². The summed E-state index contributed by atoms with van der Waals surface area (Å²) in [6, 6.07) is 4.35. The van der Waals surface area contributed by atoms with Crippen LogP contribution in [0.3, 0.4) is 0 Å². The molecule has 0 spiro atoms. The largest absolute Gasteiger partial charge is 0.387 e. The molecular weight excluding hydrogens is 198 g/mol. The minimum Gasteiger partial charge on any atom is -0.387 e. The Hall–Kier alpha value is -0.860. The van der Waals surface area contributed by atoms with E-state index in [9.17, 15) is 5.11 Å². The molecule has 16 heavy (non-hydrogen) atoms. The molecule has 1 unspecified atom stereocenters. The second-order valence-corrected chi connectivity index (χ2v) is 4.78. The summed E-state index contributed by atoms with van der Waals surface area (Å²) in [4.78, 5) is 0. The number of rotatable bonds is 4. The fourth-order valence-corrected chi connectivity index (χ4v) is 1.90.